The number of Topliss-reactive ketones (excluding diaryl/α,β-unsaturated/α-hetero) is 1. The van der Waals surface area contributed by atoms with Crippen LogP contribution in [0.5, 0.6) is 5.75 Å². The number of hydrogen-bond acceptors (Lipinski definition) is 3. The maximum absolute atomic E-state index is 13.3. The zero-order chi connectivity index (χ0) is 17.7. The third kappa shape index (κ3) is 2.90. The van der Waals surface area contributed by atoms with Crippen molar-refractivity contribution in [3.63, 3.8) is 0 Å². The molecule has 5 aliphatic rings. The van der Waals surface area contributed by atoms with Gasteiger partial charge < -0.3 is 5.11 Å². The van der Waals surface area contributed by atoms with Crippen LogP contribution < -0.4 is 0 Å². The summed E-state index contributed by atoms with van der Waals surface area (Å²) in [5.41, 5.74) is 2.56. The normalized spacial score (nSPS) is 36.2. The molecule has 1 aromatic carbocycles. The molecule has 4 bridgehead atoms. The van der Waals surface area contributed by atoms with Gasteiger partial charge in [-0.25, -0.2) is 0 Å². The second-order valence-electron chi connectivity index (χ2n) is 9.38. The molecule has 0 saturated heterocycles. The van der Waals surface area contributed by atoms with Crippen molar-refractivity contribution in [1.82, 2.24) is 4.90 Å². The molecular weight excluding hydrogens is 322 g/mol. The molecule has 0 aromatic heterocycles. The summed E-state index contributed by atoms with van der Waals surface area (Å²) in [4.78, 5) is 15.6. The molecule has 0 atom stereocenters. The molecule has 4 fully saturated rings. The summed E-state index contributed by atoms with van der Waals surface area (Å²) in [6.45, 7) is 2.48. The van der Waals surface area contributed by atoms with E-state index < -0.39 is 0 Å². The van der Waals surface area contributed by atoms with E-state index in [1.165, 1.54) is 49.7 Å². The first-order valence-electron chi connectivity index (χ1n) is 10.3. The van der Waals surface area contributed by atoms with Crippen LogP contribution in [-0.4, -0.2) is 35.4 Å². The van der Waals surface area contributed by atoms with Crippen LogP contribution in [0.15, 0.2) is 30.3 Å². The van der Waals surface area contributed by atoms with Gasteiger partial charge in [0.25, 0.3) is 0 Å². The first-order chi connectivity index (χ1) is 12.6. The molecule has 1 N–H and O–H groups in total. The number of phenolic OH excluding ortho intramolecular Hbond substituents is 1. The Hall–Kier alpha value is -1.61. The topological polar surface area (TPSA) is 40.5 Å². The van der Waals surface area contributed by atoms with E-state index in [-0.39, 0.29) is 5.41 Å². The highest BCUT2D eigenvalue weighted by Crippen LogP contribution is 2.60. The standard InChI is InChI=1S/C23H29NO2/c25-21-3-1-19(2-4-21)20-5-7-24(8-6-20)15-22(26)23-12-16-9-17(13-23)11-18(10-16)14-23/h1-5,16-18,25H,6-15H2. The van der Waals surface area contributed by atoms with Gasteiger partial charge in [0, 0.05) is 18.5 Å². The summed E-state index contributed by atoms with van der Waals surface area (Å²) < 4.78 is 0. The largest absolute Gasteiger partial charge is 0.508 e. The molecule has 0 unspecified atom stereocenters. The molecule has 3 nitrogen and oxygen atoms in total. The first kappa shape index (κ1) is 16.6. The van der Waals surface area contributed by atoms with E-state index in [1.54, 1.807) is 12.1 Å². The van der Waals surface area contributed by atoms with Crippen molar-refractivity contribution in [3.05, 3.63) is 35.9 Å². The van der Waals surface area contributed by atoms with Crippen LogP contribution in [0.25, 0.3) is 5.57 Å². The summed E-state index contributed by atoms with van der Waals surface area (Å²) in [5.74, 6) is 3.37. The van der Waals surface area contributed by atoms with Crippen LogP contribution in [0.2, 0.25) is 0 Å². The van der Waals surface area contributed by atoms with E-state index in [0.717, 1.165) is 37.3 Å². The third-order valence-electron chi connectivity index (χ3n) is 7.53. The Labute approximate surface area is 156 Å². The lowest BCUT2D eigenvalue weighted by atomic mass is 9.48. The van der Waals surface area contributed by atoms with E-state index in [2.05, 4.69) is 11.0 Å². The van der Waals surface area contributed by atoms with E-state index >= 15 is 0 Å². The molecule has 0 radical (unpaired) electrons. The number of nitrogens with zero attached hydrogens (tertiary/aromatic N) is 1. The maximum Gasteiger partial charge on any atom is 0.152 e. The van der Waals surface area contributed by atoms with E-state index in [4.69, 9.17) is 0 Å². The van der Waals surface area contributed by atoms with Crippen LogP contribution in [0.4, 0.5) is 0 Å². The predicted molar refractivity (Wildman–Crippen MR) is 103 cm³/mol. The van der Waals surface area contributed by atoms with Gasteiger partial charge in [-0.3, -0.25) is 9.69 Å². The lowest BCUT2D eigenvalue weighted by Gasteiger charge is -2.56. The van der Waals surface area contributed by atoms with Gasteiger partial charge in [0.15, 0.2) is 5.78 Å². The third-order valence-corrected chi connectivity index (χ3v) is 7.53. The number of carbonyl (C=O) groups is 1. The van der Waals surface area contributed by atoms with Crippen LogP contribution in [0, 0.1) is 23.2 Å². The minimum absolute atomic E-state index is 0.0374. The molecule has 1 aromatic rings. The number of aromatic hydroxyl groups is 1. The molecule has 4 saturated carbocycles. The highest BCUT2D eigenvalue weighted by atomic mass is 16.3. The molecule has 0 spiro atoms. The van der Waals surface area contributed by atoms with Crippen molar-refractivity contribution in [2.45, 2.75) is 44.9 Å². The first-order valence-corrected chi connectivity index (χ1v) is 10.3. The van der Waals surface area contributed by atoms with E-state index in [0.29, 0.717) is 18.1 Å². The van der Waals surface area contributed by atoms with Crippen LogP contribution >= 0.6 is 0 Å². The van der Waals surface area contributed by atoms with Gasteiger partial charge in [0.2, 0.25) is 0 Å². The summed E-state index contributed by atoms with van der Waals surface area (Å²) in [6, 6.07) is 7.47. The second-order valence-corrected chi connectivity index (χ2v) is 9.38. The number of ketones is 1. The molecule has 0 amide bonds. The molecule has 138 valence electrons. The van der Waals surface area contributed by atoms with Crippen molar-refractivity contribution in [3.8, 4) is 5.75 Å². The maximum atomic E-state index is 13.3. The number of benzene rings is 1. The fourth-order valence-corrected chi connectivity index (χ4v) is 6.62. The Bertz CT molecular complexity index is 698. The molecule has 1 heterocycles. The Morgan fingerprint density at radius 3 is 2.19 bits per heavy atom. The molecule has 3 heteroatoms. The van der Waals surface area contributed by atoms with Gasteiger partial charge in [0.05, 0.1) is 6.54 Å². The van der Waals surface area contributed by atoms with Crippen molar-refractivity contribution in [2.75, 3.05) is 19.6 Å². The van der Waals surface area contributed by atoms with Crippen molar-refractivity contribution in [2.24, 2.45) is 23.2 Å². The summed E-state index contributed by atoms with van der Waals surface area (Å²) >= 11 is 0. The minimum atomic E-state index is 0.0374. The van der Waals surface area contributed by atoms with E-state index in [1.807, 2.05) is 12.1 Å². The lowest BCUT2D eigenvalue weighted by Crippen LogP contribution is -2.52. The molecular formula is C23H29NO2. The van der Waals surface area contributed by atoms with Crippen molar-refractivity contribution >= 4 is 11.4 Å². The smallest absolute Gasteiger partial charge is 0.152 e. The summed E-state index contributed by atoms with van der Waals surface area (Å²) in [6.07, 6.45) is 11.0. The summed E-state index contributed by atoms with van der Waals surface area (Å²) in [7, 11) is 0. The van der Waals surface area contributed by atoms with Gasteiger partial charge in [-0.05, 0) is 86.0 Å². The minimum Gasteiger partial charge on any atom is -0.508 e. The summed E-state index contributed by atoms with van der Waals surface area (Å²) in [5, 5.41) is 9.45. The van der Waals surface area contributed by atoms with Crippen LogP contribution in [0.3, 0.4) is 0 Å². The Morgan fingerprint density at radius 2 is 1.65 bits per heavy atom. The Kier molecular flexibility index (Phi) is 3.97. The number of carbonyl (C=O) groups excluding carboxylic acids is 1. The predicted octanol–water partition coefficient (Wildman–Crippen LogP) is 4.27. The van der Waals surface area contributed by atoms with Crippen LogP contribution in [-0.2, 0) is 4.79 Å². The van der Waals surface area contributed by atoms with Crippen LogP contribution in [0.1, 0.15) is 50.5 Å². The van der Waals surface area contributed by atoms with Gasteiger partial charge >= 0.3 is 0 Å². The van der Waals surface area contributed by atoms with Crippen molar-refractivity contribution < 1.29 is 9.90 Å². The molecule has 6 rings (SSSR count). The molecule has 1 aliphatic heterocycles. The highest BCUT2D eigenvalue weighted by molar-refractivity contribution is 5.87. The monoisotopic (exact) mass is 351 g/mol. The van der Waals surface area contributed by atoms with E-state index in [9.17, 15) is 9.90 Å². The Morgan fingerprint density at radius 1 is 1.04 bits per heavy atom. The zero-order valence-electron chi connectivity index (χ0n) is 15.5. The fourth-order valence-electron chi connectivity index (χ4n) is 6.62. The average molecular weight is 351 g/mol. The second kappa shape index (κ2) is 6.23. The van der Waals surface area contributed by atoms with Crippen molar-refractivity contribution in [1.29, 1.82) is 0 Å². The van der Waals surface area contributed by atoms with Gasteiger partial charge in [-0.1, -0.05) is 18.2 Å². The molecule has 26 heavy (non-hydrogen) atoms. The van der Waals surface area contributed by atoms with Gasteiger partial charge in [-0.2, -0.15) is 0 Å². The SMILES string of the molecule is O=C(CN1CC=C(c2ccc(O)cc2)CC1)C12CC3CC(CC(C3)C1)C2. The fraction of sp³-hybridized carbons (Fsp3) is 0.609. The lowest BCUT2D eigenvalue weighted by molar-refractivity contribution is -0.144. The zero-order valence-corrected chi connectivity index (χ0v) is 15.5. The average Bonchev–Trinajstić information content (AvgIpc) is 2.62. The number of rotatable bonds is 4. The molecule has 4 aliphatic carbocycles. The number of phenols is 1. The van der Waals surface area contributed by atoms with Gasteiger partial charge in [-0.15, -0.1) is 0 Å². The Balaban J connectivity index is 1.24. The highest BCUT2D eigenvalue weighted by Gasteiger charge is 2.54. The number of hydrogen-bond donors (Lipinski definition) is 1. The quantitative estimate of drug-likeness (QED) is 0.881. The van der Waals surface area contributed by atoms with Gasteiger partial charge in [0.1, 0.15) is 5.75 Å².